The Morgan fingerprint density at radius 1 is 1.25 bits per heavy atom. The number of likely N-dealkylation sites (N-methyl/N-ethyl adjacent to an activating group) is 1. The summed E-state index contributed by atoms with van der Waals surface area (Å²) in [7, 11) is 2.11. The van der Waals surface area contributed by atoms with E-state index in [2.05, 4.69) is 22.2 Å². The van der Waals surface area contributed by atoms with Gasteiger partial charge in [0.25, 0.3) is 0 Å². The number of thiazole rings is 1. The fourth-order valence-electron chi connectivity index (χ4n) is 4.94. The maximum atomic E-state index is 13.2. The Bertz CT molecular complexity index is 1040. The number of likely N-dealkylation sites (tertiary alicyclic amines) is 1. The second-order valence-corrected chi connectivity index (χ2v) is 10.1. The molecule has 8 nitrogen and oxygen atoms in total. The highest BCUT2D eigenvalue weighted by atomic mass is 35.5. The molecule has 2 fully saturated rings. The standard InChI is InChI=1S/C22H26ClN5O3S/c1-26-5-4-22(13-26)14-28(18-3-2-15(23)10-17(18)22)21(30)25-20-24-16(12-32-20)11-19(29)27-6-8-31-9-7-27/h2-3,10,12H,4-9,11,13-14H2,1H3,(H,24,25,30). The SMILES string of the molecule is CN1CCC2(C1)CN(C(=O)Nc1nc(CC(=O)N3CCOCC3)cs1)c1ccc(Cl)cc12. The molecule has 0 bridgehead atoms. The van der Waals surface area contributed by atoms with Gasteiger partial charge in [-0.25, -0.2) is 9.78 Å². The van der Waals surface area contributed by atoms with Crippen LogP contribution in [0.5, 0.6) is 0 Å². The van der Waals surface area contributed by atoms with E-state index in [1.807, 2.05) is 23.6 Å². The summed E-state index contributed by atoms with van der Waals surface area (Å²) in [6.45, 7) is 4.88. The van der Waals surface area contributed by atoms with Crippen LogP contribution in [0.3, 0.4) is 0 Å². The van der Waals surface area contributed by atoms with E-state index < -0.39 is 0 Å². The van der Waals surface area contributed by atoms with E-state index in [1.54, 1.807) is 9.80 Å². The Kier molecular flexibility index (Phi) is 5.83. The van der Waals surface area contributed by atoms with Crippen molar-refractivity contribution < 1.29 is 14.3 Å². The second kappa shape index (κ2) is 8.62. The van der Waals surface area contributed by atoms with Crippen LogP contribution in [0.4, 0.5) is 15.6 Å². The number of nitrogens with one attached hydrogen (secondary N) is 1. The molecule has 1 spiro atoms. The number of carbonyl (C=O) groups excluding carboxylic acids is 2. The highest BCUT2D eigenvalue weighted by molar-refractivity contribution is 7.14. The molecule has 5 rings (SSSR count). The molecule has 3 aliphatic rings. The molecule has 32 heavy (non-hydrogen) atoms. The van der Waals surface area contributed by atoms with Crippen LogP contribution in [0.15, 0.2) is 23.6 Å². The minimum Gasteiger partial charge on any atom is -0.378 e. The molecule has 2 saturated heterocycles. The van der Waals surface area contributed by atoms with Gasteiger partial charge in [0.2, 0.25) is 5.91 Å². The van der Waals surface area contributed by atoms with Gasteiger partial charge >= 0.3 is 6.03 Å². The van der Waals surface area contributed by atoms with Gasteiger partial charge in [-0.05, 0) is 43.8 Å². The van der Waals surface area contributed by atoms with Gasteiger partial charge in [0, 0.05) is 47.7 Å². The topological polar surface area (TPSA) is 78.0 Å². The first-order valence-electron chi connectivity index (χ1n) is 10.8. The first-order chi connectivity index (χ1) is 15.4. The number of fused-ring (bicyclic) bond motifs is 2. The highest BCUT2D eigenvalue weighted by Gasteiger charge is 2.48. The monoisotopic (exact) mass is 475 g/mol. The van der Waals surface area contributed by atoms with E-state index in [9.17, 15) is 9.59 Å². The quantitative estimate of drug-likeness (QED) is 0.738. The summed E-state index contributed by atoms with van der Waals surface area (Å²) in [4.78, 5) is 36.0. The van der Waals surface area contributed by atoms with E-state index in [0.29, 0.717) is 48.7 Å². The number of hydrogen-bond donors (Lipinski definition) is 1. The summed E-state index contributed by atoms with van der Waals surface area (Å²) in [5, 5.41) is 5.95. The van der Waals surface area contributed by atoms with Crippen molar-refractivity contribution in [3.63, 3.8) is 0 Å². The molecule has 1 aromatic heterocycles. The van der Waals surface area contributed by atoms with Gasteiger partial charge in [0.15, 0.2) is 5.13 Å². The van der Waals surface area contributed by atoms with Crippen molar-refractivity contribution in [3.05, 3.63) is 39.9 Å². The Labute approximate surface area is 196 Å². The fraction of sp³-hybridized carbons (Fsp3) is 0.500. The van der Waals surface area contributed by atoms with Crippen LogP contribution < -0.4 is 10.2 Å². The van der Waals surface area contributed by atoms with Crippen LogP contribution in [-0.2, 0) is 21.4 Å². The predicted octanol–water partition coefficient (Wildman–Crippen LogP) is 2.82. The number of carbonyl (C=O) groups is 2. The maximum absolute atomic E-state index is 13.2. The molecular weight excluding hydrogens is 450 g/mol. The summed E-state index contributed by atoms with van der Waals surface area (Å²) in [5.41, 5.74) is 2.62. The zero-order valence-corrected chi connectivity index (χ0v) is 19.5. The number of halogens is 1. The number of hydrogen-bond acceptors (Lipinski definition) is 6. The van der Waals surface area contributed by atoms with E-state index in [1.165, 1.54) is 11.3 Å². The zero-order chi connectivity index (χ0) is 22.3. The van der Waals surface area contributed by atoms with Crippen LogP contribution in [-0.4, -0.2) is 79.7 Å². The van der Waals surface area contributed by atoms with Crippen molar-refractivity contribution in [2.24, 2.45) is 0 Å². The van der Waals surface area contributed by atoms with Crippen molar-refractivity contribution in [1.29, 1.82) is 0 Å². The average molecular weight is 476 g/mol. The first kappa shape index (κ1) is 21.6. The molecule has 3 aliphatic heterocycles. The van der Waals surface area contributed by atoms with Gasteiger partial charge in [-0.15, -0.1) is 11.3 Å². The number of nitrogens with zero attached hydrogens (tertiary/aromatic N) is 4. The molecule has 0 radical (unpaired) electrons. The summed E-state index contributed by atoms with van der Waals surface area (Å²) in [6, 6.07) is 5.55. The second-order valence-electron chi connectivity index (χ2n) is 8.76. The number of amides is 3. The number of ether oxygens (including phenoxy) is 1. The maximum Gasteiger partial charge on any atom is 0.328 e. The van der Waals surface area contributed by atoms with Crippen molar-refractivity contribution >= 4 is 45.7 Å². The van der Waals surface area contributed by atoms with Crippen molar-refractivity contribution in [2.75, 3.05) is 63.2 Å². The molecule has 0 saturated carbocycles. The molecule has 2 aromatic rings. The third-order valence-electron chi connectivity index (χ3n) is 6.53. The Hall–Kier alpha value is -2.20. The number of urea groups is 1. The fourth-order valence-corrected chi connectivity index (χ4v) is 5.81. The lowest BCUT2D eigenvalue weighted by Crippen LogP contribution is -2.41. The lowest BCUT2D eigenvalue weighted by atomic mass is 9.81. The van der Waals surface area contributed by atoms with Crippen molar-refractivity contribution in [1.82, 2.24) is 14.8 Å². The minimum atomic E-state index is -0.208. The number of morpholine rings is 1. The lowest BCUT2D eigenvalue weighted by Gasteiger charge is -2.26. The zero-order valence-electron chi connectivity index (χ0n) is 18.0. The Balaban J connectivity index is 1.28. The van der Waals surface area contributed by atoms with Crippen molar-refractivity contribution in [2.45, 2.75) is 18.3 Å². The predicted molar refractivity (Wildman–Crippen MR) is 125 cm³/mol. The van der Waals surface area contributed by atoms with Crippen LogP contribution in [0.25, 0.3) is 0 Å². The summed E-state index contributed by atoms with van der Waals surface area (Å²) < 4.78 is 5.30. The van der Waals surface area contributed by atoms with E-state index in [-0.39, 0.29) is 23.8 Å². The van der Waals surface area contributed by atoms with E-state index in [0.717, 1.165) is 30.8 Å². The molecule has 1 atom stereocenters. The molecular formula is C22H26ClN5O3S. The third-order valence-corrected chi connectivity index (χ3v) is 7.57. The number of benzene rings is 1. The Morgan fingerprint density at radius 2 is 2.06 bits per heavy atom. The lowest BCUT2D eigenvalue weighted by molar-refractivity contribution is -0.134. The number of rotatable bonds is 3. The van der Waals surface area contributed by atoms with Crippen LogP contribution in [0.2, 0.25) is 5.02 Å². The first-order valence-corrected chi connectivity index (χ1v) is 12.1. The van der Waals surface area contributed by atoms with E-state index >= 15 is 0 Å². The van der Waals surface area contributed by atoms with Gasteiger partial charge in [-0.2, -0.15) is 0 Å². The number of anilines is 2. The molecule has 1 N–H and O–H groups in total. The summed E-state index contributed by atoms with van der Waals surface area (Å²) in [5.74, 6) is 0.0362. The van der Waals surface area contributed by atoms with Crippen molar-refractivity contribution in [3.8, 4) is 0 Å². The molecule has 0 aliphatic carbocycles. The third kappa shape index (κ3) is 4.10. The van der Waals surface area contributed by atoms with Gasteiger partial charge in [-0.1, -0.05) is 11.6 Å². The summed E-state index contributed by atoms with van der Waals surface area (Å²) in [6.07, 6.45) is 1.22. The minimum absolute atomic E-state index is 0.0362. The van der Waals surface area contributed by atoms with Gasteiger partial charge < -0.3 is 14.5 Å². The summed E-state index contributed by atoms with van der Waals surface area (Å²) >= 11 is 7.64. The normalized spacial score (nSPS) is 23.1. The molecule has 1 aromatic carbocycles. The van der Waals surface area contributed by atoms with Gasteiger partial charge in [-0.3, -0.25) is 15.0 Å². The average Bonchev–Trinajstić information content (AvgIpc) is 3.47. The Morgan fingerprint density at radius 3 is 2.81 bits per heavy atom. The van der Waals surface area contributed by atoms with Gasteiger partial charge in [0.1, 0.15) is 0 Å². The molecule has 3 amide bonds. The smallest absolute Gasteiger partial charge is 0.328 e. The van der Waals surface area contributed by atoms with Crippen LogP contribution >= 0.6 is 22.9 Å². The molecule has 1 unspecified atom stereocenters. The number of aromatic nitrogens is 1. The van der Waals surface area contributed by atoms with Crippen LogP contribution in [0, 0.1) is 0 Å². The highest BCUT2D eigenvalue weighted by Crippen LogP contribution is 2.47. The van der Waals surface area contributed by atoms with Gasteiger partial charge in [0.05, 0.1) is 25.3 Å². The molecule has 4 heterocycles. The van der Waals surface area contributed by atoms with E-state index in [4.69, 9.17) is 16.3 Å². The molecule has 170 valence electrons. The van der Waals surface area contributed by atoms with Crippen LogP contribution in [0.1, 0.15) is 17.7 Å². The largest absolute Gasteiger partial charge is 0.378 e. The molecule has 10 heteroatoms.